The largest absolute Gasteiger partial charge is 0.497 e. The van der Waals surface area contributed by atoms with E-state index in [0.29, 0.717) is 6.04 Å². The van der Waals surface area contributed by atoms with E-state index in [1.807, 2.05) is 12.1 Å². The summed E-state index contributed by atoms with van der Waals surface area (Å²) in [6, 6.07) is 6.44. The number of ether oxygens (including phenoxy) is 1. The second-order valence-electron chi connectivity index (χ2n) is 3.60. The lowest BCUT2D eigenvalue weighted by molar-refractivity contribution is 0.406. The first-order valence-corrected chi connectivity index (χ1v) is 5.88. The molecule has 0 saturated carbocycles. The van der Waals surface area contributed by atoms with E-state index in [1.54, 1.807) is 7.11 Å². The smallest absolute Gasteiger partial charge is 0.119 e. The number of benzene rings is 1. The van der Waals surface area contributed by atoms with Crippen LogP contribution in [-0.2, 0) is 0 Å². The minimum absolute atomic E-state index is 0.364. The monoisotopic (exact) mass is 270 g/mol. The number of hydrogen-bond acceptors (Lipinski definition) is 3. The lowest BCUT2D eigenvalue weighted by Crippen LogP contribution is -2.42. The van der Waals surface area contributed by atoms with Crippen LogP contribution in [0.3, 0.4) is 0 Å². The van der Waals surface area contributed by atoms with E-state index < -0.39 is 0 Å². The zero-order chi connectivity index (χ0) is 10.7. The number of piperazine rings is 1. The molecule has 0 aliphatic carbocycles. The van der Waals surface area contributed by atoms with Crippen LogP contribution in [-0.4, -0.2) is 26.7 Å². The number of methoxy groups -OCH3 is 1. The normalized spacial score (nSPS) is 21.3. The minimum atomic E-state index is 0.364. The molecule has 3 nitrogen and oxygen atoms in total. The summed E-state index contributed by atoms with van der Waals surface area (Å²) >= 11 is 3.57. The summed E-state index contributed by atoms with van der Waals surface area (Å²) in [5.74, 6) is 0.903. The standard InChI is InChI=1S/C11H15BrN2O/c1-15-8-2-3-10(12)9(6-8)11-7-13-4-5-14-11/h2-3,6,11,13-14H,4-5,7H2,1H3/t11-/m0/s1. The molecular weight excluding hydrogens is 256 g/mol. The third-order valence-electron chi connectivity index (χ3n) is 2.62. The van der Waals surface area contributed by atoms with Crippen molar-refractivity contribution in [1.82, 2.24) is 10.6 Å². The molecule has 0 unspecified atom stereocenters. The maximum atomic E-state index is 5.23. The number of halogens is 1. The molecule has 2 N–H and O–H groups in total. The van der Waals surface area contributed by atoms with Gasteiger partial charge in [0.1, 0.15) is 5.75 Å². The summed E-state index contributed by atoms with van der Waals surface area (Å²) < 4.78 is 6.36. The topological polar surface area (TPSA) is 33.3 Å². The molecule has 1 aliphatic heterocycles. The number of nitrogens with one attached hydrogen (secondary N) is 2. The van der Waals surface area contributed by atoms with E-state index in [1.165, 1.54) is 5.56 Å². The van der Waals surface area contributed by atoms with Gasteiger partial charge in [0.25, 0.3) is 0 Å². The summed E-state index contributed by atoms with van der Waals surface area (Å²) in [4.78, 5) is 0. The molecule has 1 aromatic carbocycles. The third-order valence-corrected chi connectivity index (χ3v) is 3.34. The van der Waals surface area contributed by atoms with Crippen molar-refractivity contribution in [2.75, 3.05) is 26.7 Å². The number of hydrogen-bond donors (Lipinski definition) is 2. The van der Waals surface area contributed by atoms with Gasteiger partial charge in [-0.05, 0) is 23.8 Å². The Morgan fingerprint density at radius 1 is 1.40 bits per heavy atom. The Labute approximate surface area is 98.3 Å². The van der Waals surface area contributed by atoms with Crippen LogP contribution >= 0.6 is 15.9 Å². The highest BCUT2D eigenvalue weighted by molar-refractivity contribution is 9.10. The molecular formula is C11H15BrN2O. The van der Waals surface area contributed by atoms with Crippen molar-refractivity contribution in [3.8, 4) is 5.75 Å². The zero-order valence-corrected chi connectivity index (χ0v) is 10.3. The predicted octanol–water partition coefficient (Wildman–Crippen LogP) is 1.69. The van der Waals surface area contributed by atoms with Gasteiger partial charge in [0.05, 0.1) is 7.11 Å². The summed E-state index contributed by atoms with van der Waals surface area (Å²) in [5, 5.41) is 6.85. The van der Waals surface area contributed by atoms with E-state index >= 15 is 0 Å². The van der Waals surface area contributed by atoms with Gasteiger partial charge in [-0.25, -0.2) is 0 Å². The maximum absolute atomic E-state index is 5.23. The number of rotatable bonds is 2. The van der Waals surface area contributed by atoms with Crippen molar-refractivity contribution in [2.24, 2.45) is 0 Å². The lowest BCUT2D eigenvalue weighted by atomic mass is 10.1. The molecule has 0 bridgehead atoms. The van der Waals surface area contributed by atoms with Crippen LogP contribution in [0.1, 0.15) is 11.6 Å². The van der Waals surface area contributed by atoms with Crippen LogP contribution < -0.4 is 15.4 Å². The lowest BCUT2D eigenvalue weighted by Gasteiger charge is -2.26. The van der Waals surface area contributed by atoms with Crippen LogP contribution in [0.15, 0.2) is 22.7 Å². The molecule has 1 aliphatic rings. The second-order valence-corrected chi connectivity index (χ2v) is 4.45. The molecule has 0 amide bonds. The van der Waals surface area contributed by atoms with Gasteiger partial charge in [0, 0.05) is 30.1 Å². The Hall–Kier alpha value is -0.580. The van der Waals surface area contributed by atoms with Gasteiger partial charge in [-0.15, -0.1) is 0 Å². The van der Waals surface area contributed by atoms with E-state index in [2.05, 4.69) is 32.6 Å². The molecule has 1 fully saturated rings. The van der Waals surface area contributed by atoms with Crippen LogP contribution in [0.25, 0.3) is 0 Å². The van der Waals surface area contributed by atoms with Gasteiger partial charge in [-0.2, -0.15) is 0 Å². The maximum Gasteiger partial charge on any atom is 0.119 e. The Morgan fingerprint density at radius 2 is 2.27 bits per heavy atom. The van der Waals surface area contributed by atoms with Crippen LogP contribution in [0.5, 0.6) is 5.75 Å². The van der Waals surface area contributed by atoms with Crippen molar-refractivity contribution in [3.63, 3.8) is 0 Å². The fourth-order valence-electron chi connectivity index (χ4n) is 1.79. The molecule has 1 heterocycles. The summed E-state index contributed by atoms with van der Waals surface area (Å²) in [6.45, 7) is 3.01. The third kappa shape index (κ3) is 2.51. The molecule has 0 aromatic heterocycles. The molecule has 15 heavy (non-hydrogen) atoms. The molecule has 0 spiro atoms. The fraction of sp³-hybridized carbons (Fsp3) is 0.455. The Morgan fingerprint density at radius 3 is 2.93 bits per heavy atom. The molecule has 82 valence electrons. The SMILES string of the molecule is COc1ccc(Br)c([C@@H]2CNCCN2)c1. The summed E-state index contributed by atoms with van der Waals surface area (Å²) in [7, 11) is 1.69. The van der Waals surface area contributed by atoms with E-state index in [4.69, 9.17) is 4.74 Å². The highest BCUT2D eigenvalue weighted by Crippen LogP contribution is 2.27. The van der Waals surface area contributed by atoms with Crippen molar-refractivity contribution in [3.05, 3.63) is 28.2 Å². The van der Waals surface area contributed by atoms with Gasteiger partial charge in [-0.1, -0.05) is 15.9 Å². The van der Waals surface area contributed by atoms with Crippen LogP contribution in [0.2, 0.25) is 0 Å². The molecule has 0 radical (unpaired) electrons. The molecule has 4 heteroatoms. The van der Waals surface area contributed by atoms with Crippen molar-refractivity contribution < 1.29 is 4.74 Å². The van der Waals surface area contributed by atoms with Gasteiger partial charge < -0.3 is 15.4 Å². The molecule has 1 aromatic rings. The van der Waals surface area contributed by atoms with Gasteiger partial charge >= 0.3 is 0 Å². The van der Waals surface area contributed by atoms with Crippen molar-refractivity contribution in [2.45, 2.75) is 6.04 Å². The average Bonchev–Trinajstić information content (AvgIpc) is 2.31. The Balaban J connectivity index is 2.24. The van der Waals surface area contributed by atoms with Crippen molar-refractivity contribution in [1.29, 1.82) is 0 Å². The zero-order valence-electron chi connectivity index (χ0n) is 8.72. The minimum Gasteiger partial charge on any atom is -0.497 e. The fourth-order valence-corrected chi connectivity index (χ4v) is 2.31. The van der Waals surface area contributed by atoms with E-state index in [0.717, 1.165) is 29.9 Å². The van der Waals surface area contributed by atoms with Gasteiger partial charge in [-0.3, -0.25) is 0 Å². The highest BCUT2D eigenvalue weighted by Gasteiger charge is 2.17. The highest BCUT2D eigenvalue weighted by atomic mass is 79.9. The van der Waals surface area contributed by atoms with Gasteiger partial charge in [0.2, 0.25) is 0 Å². The van der Waals surface area contributed by atoms with Crippen LogP contribution in [0, 0.1) is 0 Å². The quantitative estimate of drug-likeness (QED) is 0.858. The first-order valence-electron chi connectivity index (χ1n) is 5.09. The van der Waals surface area contributed by atoms with Crippen LogP contribution in [0.4, 0.5) is 0 Å². The second kappa shape index (κ2) is 4.96. The molecule has 1 saturated heterocycles. The predicted molar refractivity (Wildman–Crippen MR) is 64.3 cm³/mol. The first-order chi connectivity index (χ1) is 7.31. The van der Waals surface area contributed by atoms with E-state index in [9.17, 15) is 0 Å². The summed E-state index contributed by atoms with van der Waals surface area (Å²) in [5.41, 5.74) is 1.25. The first kappa shape index (κ1) is 10.9. The van der Waals surface area contributed by atoms with E-state index in [-0.39, 0.29) is 0 Å². The summed E-state index contributed by atoms with van der Waals surface area (Å²) in [6.07, 6.45) is 0. The average molecular weight is 271 g/mol. The van der Waals surface area contributed by atoms with Gasteiger partial charge in [0.15, 0.2) is 0 Å². The molecule has 2 rings (SSSR count). The Bertz CT molecular complexity index is 337. The molecule has 1 atom stereocenters. The van der Waals surface area contributed by atoms with Crippen molar-refractivity contribution >= 4 is 15.9 Å². The Kier molecular flexibility index (Phi) is 3.61.